The molecule has 1 unspecified atom stereocenters. The number of carbonyl (C=O) groups is 1. The summed E-state index contributed by atoms with van der Waals surface area (Å²) >= 11 is 0. The smallest absolute Gasteiger partial charge is 0.133 e. The maximum atomic E-state index is 10.5. The largest absolute Gasteiger partial charge is 0.312 e. The van der Waals surface area contributed by atoms with E-state index in [-0.39, 0.29) is 0 Å². The molecule has 0 aliphatic heterocycles. The van der Waals surface area contributed by atoms with Gasteiger partial charge in [0.1, 0.15) is 17.9 Å². The van der Waals surface area contributed by atoms with Crippen LogP contribution in [0.1, 0.15) is 63.6 Å². The van der Waals surface area contributed by atoms with Crippen LogP contribution >= 0.6 is 0 Å². The van der Waals surface area contributed by atoms with Crippen LogP contribution in [-0.2, 0) is 17.6 Å². The maximum Gasteiger partial charge on any atom is 0.133 e. The van der Waals surface area contributed by atoms with Gasteiger partial charge >= 0.3 is 0 Å². The molecule has 18 heavy (non-hydrogen) atoms. The zero-order valence-corrected chi connectivity index (χ0v) is 11.4. The minimum atomic E-state index is 0.552. The van der Waals surface area contributed by atoms with Crippen molar-refractivity contribution < 1.29 is 4.79 Å². The van der Waals surface area contributed by atoms with E-state index in [0.29, 0.717) is 12.5 Å². The van der Waals surface area contributed by atoms with Gasteiger partial charge in [-0.1, -0.05) is 20.3 Å². The number of carbonyl (C=O) groups excluding carboxylic acids is 1. The van der Waals surface area contributed by atoms with Crippen molar-refractivity contribution in [2.24, 2.45) is 5.92 Å². The van der Waals surface area contributed by atoms with Crippen molar-refractivity contribution in [3.05, 3.63) is 11.6 Å². The van der Waals surface area contributed by atoms with Crippen LogP contribution < -0.4 is 0 Å². The SMILES string of the molecule is CCC(C)CCc1nnc(CCC=O)n1C1CC1. The lowest BCUT2D eigenvalue weighted by Crippen LogP contribution is -2.08. The molecule has 0 radical (unpaired) electrons. The van der Waals surface area contributed by atoms with Crippen molar-refractivity contribution >= 4 is 6.29 Å². The predicted octanol–water partition coefficient (Wildman–Crippen LogP) is 2.72. The lowest BCUT2D eigenvalue weighted by molar-refractivity contribution is -0.107. The summed E-state index contributed by atoms with van der Waals surface area (Å²) in [6.07, 6.45) is 8.13. The average molecular weight is 249 g/mol. The Morgan fingerprint density at radius 1 is 1.33 bits per heavy atom. The van der Waals surface area contributed by atoms with Crippen molar-refractivity contribution in [3.8, 4) is 0 Å². The zero-order valence-electron chi connectivity index (χ0n) is 11.4. The van der Waals surface area contributed by atoms with Gasteiger partial charge in [0.15, 0.2) is 0 Å². The maximum absolute atomic E-state index is 10.5. The van der Waals surface area contributed by atoms with Crippen LogP contribution in [0.2, 0.25) is 0 Å². The molecule has 4 heteroatoms. The summed E-state index contributed by atoms with van der Waals surface area (Å²) in [5.41, 5.74) is 0. The van der Waals surface area contributed by atoms with E-state index in [1.165, 1.54) is 25.7 Å². The van der Waals surface area contributed by atoms with Gasteiger partial charge in [0.05, 0.1) is 0 Å². The molecule has 100 valence electrons. The van der Waals surface area contributed by atoms with Gasteiger partial charge in [-0.3, -0.25) is 0 Å². The number of aromatic nitrogens is 3. The Hall–Kier alpha value is -1.19. The van der Waals surface area contributed by atoms with Crippen molar-refractivity contribution in [3.63, 3.8) is 0 Å². The first-order valence-electron chi connectivity index (χ1n) is 7.12. The molecular weight excluding hydrogens is 226 g/mol. The molecule has 1 aromatic rings. The summed E-state index contributed by atoms with van der Waals surface area (Å²) < 4.78 is 2.30. The molecule has 2 rings (SSSR count). The van der Waals surface area contributed by atoms with Gasteiger partial charge < -0.3 is 9.36 Å². The lowest BCUT2D eigenvalue weighted by Gasteiger charge is -2.10. The molecule has 0 spiro atoms. The number of hydrogen-bond acceptors (Lipinski definition) is 3. The standard InChI is InChI=1S/C14H23N3O/c1-3-11(2)6-9-14-16-15-13(5-4-10-18)17(14)12-7-8-12/h10-12H,3-9H2,1-2H3. The monoisotopic (exact) mass is 249 g/mol. The van der Waals surface area contributed by atoms with Crippen LogP contribution in [0.4, 0.5) is 0 Å². The molecule has 1 aliphatic rings. The molecular formula is C14H23N3O. The van der Waals surface area contributed by atoms with Crippen molar-refractivity contribution in [2.45, 2.75) is 64.8 Å². The van der Waals surface area contributed by atoms with Gasteiger partial charge in [-0.2, -0.15) is 0 Å². The van der Waals surface area contributed by atoms with E-state index in [1.54, 1.807) is 0 Å². The Labute approximate surface area is 109 Å². The summed E-state index contributed by atoms with van der Waals surface area (Å²) in [6.45, 7) is 4.51. The summed E-state index contributed by atoms with van der Waals surface area (Å²) in [7, 11) is 0. The van der Waals surface area contributed by atoms with Gasteiger partial charge in [0, 0.05) is 25.3 Å². The third-order valence-corrected chi connectivity index (χ3v) is 3.79. The van der Waals surface area contributed by atoms with Crippen LogP contribution in [0, 0.1) is 5.92 Å². The van der Waals surface area contributed by atoms with E-state index in [9.17, 15) is 4.79 Å². The fourth-order valence-electron chi connectivity index (χ4n) is 2.22. The zero-order chi connectivity index (χ0) is 13.0. The third kappa shape index (κ3) is 3.18. The minimum absolute atomic E-state index is 0.552. The fraction of sp³-hybridized carbons (Fsp3) is 0.786. The van der Waals surface area contributed by atoms with Gasteiger partial charge in [-0.15, -0.1) is 10.2 Å². The summed E-state index contributed by atoms with van der Waals surface area (Å²) in [6, 6.07) is 0.605. The molecule has 0 bridgehead atoms. The molecule has 0 aromatic carbocycles. The second-order valence-electron chi connectivity index (χ2n) is 5.39. The second-order valence-corrected chi connectivity index (χ2v) is 5.39. The Bertz CT molecular complexity index is 396. The van der Waals surface area contributed by atoms with Crippen LogP contribution in [0.15, 0.2) is 0 Å². The van der Waals surface area contributed by atoms with Gasteiger partial charge in [-0.05, 0) is 25.2 Å². The van der Waals surface area contributed by atoms with Crippen LogP contribution in [0.3, 0.4) is 0 Å². The van der Waals surface area contributed by atoms with Crippen LogP contribution in [0.5, 0.6) is 0 Å². The minimum Gasteiger partial charge on any atom is -0.312 e. The molecule has 1 aromatic heterocycles. The number of aryl methyl sites for hydroxylation is 2. The Kier molecular flexibility index (Phi) is 4.50. The summed E-state index contributed by atoms with van der Waals surface area (Å²) in [5, 5.41) is 8.61. The highest BCUT2D eigenvalue weighted by atomic mass is 16.1. The average Bonchev–Trinajstić information content (AvgIpc) is 3.15. The number of rotatable bonds is 8. The van der Waals surface area contributed by atoms with E-state index < -0.39 is 0 Å². The van der Waals surface area contributed by atoms with Gasteiger partial charge in [-0.25, -0.2) is 0 Å². The summed E-state index contributed by atoms with van der Waals surface area (Å²) in [5.74, 6) is 2.87. The number of aldehydes is 1. The van der Waals surface area contributed by atoms with Crippen molar-refractivity contribution in [1.82, 2.24) is 14.8 Å². The van der Waals surface area contributed by atoms with E-state index >= 15 is 0 Å². The van der Waals surface area contributed by atoms with E-state index in [0.717, 1.165) is 36.7 Å². The fourth-order valence-corrected chi connectivity index (χ4v) is 2.22. The molecule has 1 saturated carbocycles. The second kappa shape index (κ2) is 6.12. The molecule has 0 N–H and O–H groups in total. The van der Waals surface area contributed by atoms with Crippen molar-refractivity contribution in [1.29, 1.82) is 0 Å². The third-order valence-electron chi connectivity index (χ3n) is 3.79. The van der Waals surface area contributed by atoms with Crippen LogP contribution in [0.25, 0.3) is 0 Å². The number of nitrogens with zero attached hydrogens (tertiary/aromatic N) is 3. The molecule has 0 saturated heterocycles. The highest BCUT2D eigenvalue weighted by Gasteiger charge is 2.28. The van der Waals surface area contributed by atoms with Gasteiger partial charge in [0.2, 0.25) is 0 Å². The number of hydrogen-bond donors (Lipinski definition) is 0. The predicted molar refractivity (Wildman–Crippen MR) is 70.5 cm³/mol. The topological polar surface area (TPSA) is 47.8 Å². The molecule has 4 nitrogen and oxygen atoms in total. The molecule has 1 atom stereocenters. The van der Waals surface area contributed by atoms with Crippen molar-refractivity contribution in [2.75, 3.05) is 0 Å². The Morgan fingerprint density at radius 3 is 2.56 bits per heavy atom. The first-order chi connectivity index (χ1) is 8.76. The van der Waals surface area contributed by atoms with Crippen LogP contribution in [-0.4, -0.2) is 21.1 Å². The van der Waals surface area contributed by atoms with Gasteiger partial charge in [0.25, 0.3) is 0 Å². The molecule has 0 amide bonds. The Morgan fingerprint density at radius 2 is 2.00 bits per heavy atom. The Balaban J connectivity index is 2.04. The highest BCUT2D eigenvalue weighted by Crippen LogP contribution is 2.37. The van der Waals surface area contributed by atoms with E-state index in [4.69, 9.17) is 0 Å². The normalized spacial score (nSPS) is 16.8. The molecule has 1 heterocycles. The first-order valence-corrected chi connectivity index (χ1v) is 7.12. The molecule has 1 aliphatic carbocycles. The van der Waals surface area contributed by atoms with E-state index in [2.05, 4.69) is 28.6 Å². The quantitative estimate of drug-likeness (QED) is 0.665. The van der Waals surface area contributed by atoms with E-state index in [1.807, 2.05) is 0 Å². The lowest BCUT2D eigenvalue weighted by atomic mass is 10.0. The highest BCUT2D eigenvalue weighted by molar-refractivity contribution is 5.49. The first kappa shape index (κ1) is 13.2. The summed E-state index contributed by atoms with van der Waals surface area (Å²) in [4.78, 5) is 10.5. The molecule has 1 fully saturated rings.